The fourth-order valence-corrected chi connectivity index (χ4v) is 1.64. The van der Waals surface area contributed by atoms with Gasteiger partial charge in [0.25, 0.3) is 0 Å². The lowest BCUT2D eigenvalue weighted by molar-refractivity contribution is 0.497. The third-order valence-corrected chi connectivity index (χ3v) is 2.21. The molecule has 0 atom stereocenters. The molecule has 0 amide bonds. The average molecular weight is 231 g/mol. The lowest BCUT2D eigenvalue weighted by Crippen LogP contribution is -2.17. The molecule has 68 valence electrons. The molecule has 0 aliphatic heterocycles. The van der Waals surface area contributed by atoms with Crippen molar-refractivity contribution in [2.24, 2.45) is 0 Å². The molecule has 2 nitrogen and oxygen atoms in total. The Hall–Kier alpha value is -0.310. The van der Waals surface area contributed by atoms with Crippen molar-refractivity contribution in [2.45, 2.75) is 39.7 Å². The van der Waals surface area contributed by atoms with Gasteiger partial charge in [0.05, 0.1) is 0 Å². The zero-order chi connectivity index (χ0) is 9.35. The first-order chi connectivity index (χ1) is 5.45. The molecule has 0 fully saturated rings. The maximum atomic E-state index is 4.33. The van der Waals surface area contributed by atoms with Gasteiger partial charge in [-0.25, -0.2) is 0 Å². The van der Waals surface area contributed by atoms with Crippen LogP contribution < -0.4 is 0 Å². The fourth-order valence-electron chi connectivity index (χ4n) is 1.23. The standard InChI is InChI=1S/C9H15BrN2/c1-5-12-7(9(2,3)4)6-8(10)11-12/h6H,5H2,1-4H3. The van der Waals surface area contributed by atoms with Crippen molar-refractivity contribution in [2.75, 3.05) is 0 Å². The highest BCUT2D eigenvalue weighted by Gasteiger charge is 2.19. The van der Waals surface area contributed by atoms with Gasteiger partial charge in [0.15, 0.2) is 0 Å². The van der Waals surface area contributed by atoms with Crippen molar-refractivity contribution in [1.82, 2.24) is 9.78 Å². The number of hydrogen-bond donors (Lipinski definition) is 0. The van der Waals surface area contributed by atoms with Crippen molar-refractivity contribution in [3.05, 3.63) is 16.4 Å². The van der Waals surface area contributed by atoms with Gasteiger partial charge in [-0.15, -0.1) is 0 Å². The number of halogens is 1. The maximum absolute atomic E-state index is 4.33. The lowest BCUT2D eigenvalue weighted by Gasteiger charge is -2.19. The SMILES string of the molecule is CCn1nc(Br)cc1C(C)(C)C. The Kier molecular flexibility index (Phi) is 2.61. The molecule has 0 aliphatic rings. The summed E-state index contributed by atoms with van der Waals surface area (Å²) in [5.74, 6) is 0. The molecule has 0 radical (unpaired) electrons. The second-order valence-corrected chi connectivity index (χ2v) is 4.73. The van der Waals surface area contributed by atoms with Crippen LogP contribution in [0.1, 0.15) is 33.4 Å². The molecule has 12 heavy (non-hydrogen) atoms. The van der Waals surface area contributed by atoms with E-state index in [0.29, 0.717) is 0 Å². The minimum absolute atomic E-state index is 0.176. The van der Waals surface area contributed by atoms with E-state index in [2.05, 4.69) is 54.8 Å². The second-order valence-electron chi connectivity index (χ2n) is 3.92. The van der Waals surface area contributed by atoms with E-state index in [4.69, 9.17) is 0 Å². The van der Waals surface area contributed by atoms with Crippen LogP contribution in [0, 0.1) is 0 Å². The van der Waals surface area contributed by atoms with E-state index in [1.54, 1.807) is 0 Å². The molecule has 1 aromatic rings. The van der Waals surface area contributed by atoms with E-state index in [1.165, 1.54) is 5.69 Å². The Balaban J connectivity index is 3.13. The molecular weight excluding hydrogens is 216 g/mol. The van der Waals surface area contributed by atoms with Gasteiger partial charge in [0.1, 0.15) is 4.60 Å². The van der Waals surface area contributed by atoms with Crippen LogP contribution in [0.25, 0.3) is 0 Å². The molecular formula is C9H15BrN2. The van der Waals surface area contributed by atoms with E-state index in [1.807, 2.05) is 4.68 Å². The monoisotopic (exact) mass is 230 g/mol. The van der Waals surface area contributed by atoms with Gasteiger partial charge in [-0.3, -0.25) is 4.68 Å². The highest BCUT2D eigenvalue weighted by Crippen LogP contribution is 2.24. The first-order valence-corrected chi connectivity index (χ1v) is 4.98. The normalized spacial score (nSPS) is 12.1. The Labute approximate surface area is 82.1 Å². The summed E-state index contributed by atoms with van der Waals surface area (Å²) < 4.78 is 2.96. The molecule has 1 aromatic heterocycles. The van der Waals surface area contributed by atoms with E-state index >= 15 is 0 Å². The van der Waals surface area contributed by atoms with E-state index in [0.717, 1.165) is 11.1 Å². The van der Waals surface area contributed by atoms with Crippen LogP contribution in [0.2, 0.25) is 0 Å². The number of aromatic nitrogens is 2. The molecule has 0 bridgehead atoms. The Morgan fingerprint density at radius 1 is 1.50 bits per heavy atom. The van der Waals surface area contributed by atoms with Gasteiger partial charge >= 0.3 is 0 Å². The summed E-state index contributed by atoms with van der Waals surface area (Å²) in [7, 11) is 0. The molecule has 0 saturated carbocycles. The molecule has 0 saturated heterocycles. The first kappa shape index (κ1) is 9.78. The number of aryl methyl sites for hydroxylation is 1. The van der Waals surface area contributed by atoms with Crippen LogP contribution in [0.3, 0.4) is 0 Å². The van der Waals surface area contributed by atoms with Crippen molar-refractivity contribution in [3.63, 3.8) is 0 Å². The quantitative estimate of drug-likeness (QED) is 0.726. The van der Waals surface area contributed by atoms with Crippen LogP contribution >= 0.6 is 15.9 Å². The maximum Gasteiger partial charge on any atom is 0.128 e. The highest BCUT2D eigenvalue weighted by atomic mass is 79.9. The molecule has 0 N–H and O–H groups in total. The summed E-state index contributed by atoms with van der Waals surface area (Å²) in [6.07, 6.45) is 0. The summed E-state index contributed by atoms with van der Waals surface area (Å²) in [5.41, 5.74) is 1.45. The molecule has 1 rings (SSSR count). The van der Waals surface area contributed by atoms with Crippen LogP contribution in [0.15, 0.2) is 10.7 Å². The van der Waals surface area contributed by atoms with Gasteiger partial charge in [0.2, 0.25) is 0 Å². The van der Waals surface area contributed by atoms with Crippen molar-refractivity contribution in [3.8, 4) is 0 Å². The number of nitrogens with zero attached hydrogens (tertiary/aromatic N) is 2. The minimum atomic E-state index is 0.176. The average Bonchev–Trinajstić information content (AvgIpc) is 2.29. The Bertz CT molecular complexity index is 271. The Morgan fingerprint density at radius 3 is 2.42 bits per heavy atom. The largest absolute Gasteiger partial charge is 0.268 e. The second kappa shape index (κ2) is 3.21. The van der Waals surface area contributed by atoms with Crippen molar-refractivity contribution in [1.29, 1.82) is 0 Å². The zero-order valence-electron chi connectivity index (χ0n) is 8.06. The molecule has 0 spiro atoms. The topological polar surface area (TPSA) is 17.8 Å². The van der Waals surface area contributed by atoms with E-state index in [9.17, 15) is 0 Å². The Morgan fingerprint density at radius 2 is 2.08 bits per heavy atom. The van der Waals surface area contributed by atoms with Crippen LogP contribution in [-0.4, -0.2) is 9.78 Å². The van der Waals surface area contributed by atoms with Gasteiger partial charge in [-0.2, -0.15) is 5.10 Å². The first-order valence-electron chi connectivity index (χ1n) is 4.19. The summed E-state index contributed by atoms with van der Waals surface area (Å²) in [6, 6.07) is 2.09. The predicted octanol–water partition coefficient (Wildman–Crippen LogP) is 2.96. The van der Waals surface area contributed by atoms with Crippen molar-refractivity contribution >= 4 is 15.9 Å². The number of hydrogen-bond acceptors (Lipinski definition) is 1. The summed E-state index contributed by atoms with van der Waals surface area (Å²) in [6.45, 7) is 9.63. The van der Waals surface area contributed by atoms with Gasteiger partial charge < -0.3 is 0 Å². The summed E-state index contributed by atoms with van der Waals surface area (Å²) in [4.78, 5) is 0. The molecule has 0 aliphatic carbocycles. The van der Waals surface area contributed by atoms with E-state index < -0.39 is 0 Å². The van der Waals surface area contributed by atoms with Gasteiger partial charge in [-0.1, -0.05) is 20.8 Å². The van der Waals surface area contributed by atoms with Gasteiger partial charge in [-0.05, 0) is 28.9 Å². The smallest absolute Gasteiger partial charge is 0.128 e. The highest BCUT2D eigenvalue weighted by molar-refractivity contribution is 9.10. The number of rotatable bonds is 1. The lowest BCUT2D eigenvalue weighted by atomic mass is 9.92. The van der Waals surface area contributed by atoms with E-state index in [-0.39, 0.29) is 5.41 Å². The van der Waals surface area contributed by atoms with Crippen LogP contribution in [0.5, 0.6) is 0 Å². The fraction of sp³-hybridized carbons (Fsp3) is 0.667. The molecule has 1 heterocycles. The third kappa shape index (κ3) is 1.89. The predicted molar refractivity (Wildman–Crippen MR) is 54.3 cm³/mol. The van der Waals surface area contributed by atoms with Gasteiger partial charge in [0, 0.05) is 17.7 Å². The third-order valence-electron chi connectivity index (χ3n) is 1.82. The minimum Gasteiger partial charge on any atom is -0.268 e. The van der Waals surface area contributed by atoms with Crippen LogP contribution in [0.4, 0.5) is 0 Å². The summed E-state index contributed by atoms with van der Waals surface area (Å²) in [5, 5.41) is 4.33. The molecule has 0 unspecified atom stereocenters. The molecule has 3 heteroatoms. The molecule has 0 aromatic carbocycles. The zero-order valence-corrected chi connectivity index (χ0v) is 9.64. The summed E-state index contributed by atoms with van der Waals surface area (Å²) >= 11 is 3.38. The van der Waals surface area contributed by atoms with Crippen molar-refractivity contribution < 1.29 is 0 Å². The van der Waals surface area contributed by atoms with Crippen LogP contribution in [-0.2, 0) is 12.0 Å².